The number of para-hydroxylation sites is 1. The number of rotatable bonds is 3. The van der Waals surface area contributed by atoms with Crippen LogP contribution >= 0.6 is 0 Å². The van der Waals surface area contributed by atoms with Crippen molar-refractivity contribution >= 4 is 10.9 Å². The molecule has 0 radical (unpaired) electrons. The quantitative estimate of drug-likeness (QED) is 0.794. The van der Waals surface area contributed by atoms with Crippen LogP contribution in [0.25, 0.3) is 10.9 Å². The highest BCUT2D eigenvalue weighted by atomic mass is 16.1. The average molecular weight is 214 g/mol. The predicted molar refractivity (Wildman–Crippen MR) is 67.2 cm³/mol. The molecule has 0 saturated carbocycles. The second-order valence-corrected chi connectivity index (χ2v) is 3.72. The van der Waals surface area contributed by atoms with Gasteiger partial charge in [-0.1, -0.05) is 24.3 Å². The van der Waals surface area contributed by atoms with Crippen LogP contribution in [0.4, 0.5) is 0 Å². The third kappa shape index (κ3) is 1.84. The molecule has 0 spiro atoms. The zero-order chi connectivity index (χ0) is 11.5. The molecule has 2 rings (SSSR count). The van der Waals surface area contributed by atoms with Crippen molar-refractivity contribution in [1.82, 2.24) is 4.68 Å². The summed E-state index contributed by atoms with van der Waals surface area (Å²) in [6.45, 7) is 5.63. The zero-order valence-electron chi connectivity index (χ0n) is 9.18. The van der Waals surface area contributed by atoms with E-state index in [2.05, 4.69) is 12.0 Å². The second-order valence-electron chi connectivity index (χ2n) is 3.72. The summed E-state index contributed by atoms with van der Waals surface area (Å²) in [7, 11) is 0. The van der Waals surface area contributed by atoms with Crippen LogP contribution in [0.15, 0.2) is 53.8 Å². The third-order valence-electron chi connectivity index (χ3n) is 2.49. The smallest absolute Gasteiger partial charge is 0.269 e. The molecule has 1 N–H and O–H groups in total. The summed E-state index contributed by atoms with van der Waals surface area (Å²) < 4.78 is 1.56. The fraction of sp³-hybridized carbons (Fsp3) is 0.154. The molecular formula is C13H14N2O. The number of fused-ring (bicyclic) bond motifs is 1. The number of benzene rings is 1. The van der Waals surface area contributed by atoms with Gasteiger partial charge in [0.25, 0.3) is 5.56 Å². The lowest BCUT2D eigenvalue weighted by atomic mass is 10.2. The van der Waals surface area contributed by atoms with E-state index in [9.17, 15) is 4.79 Å². The van der Waals surface area contributed by atoms with E-state index in [4.69, 9.17) is 0 Å². The third-order valence-corrected chi connectivity index (χ3v) is 2.49. The number of nitrogens with one attached hydrogen (secondary N) is 1. The van der Waals surface area contributed by atoms with Crippen LogP contribution in [-0.2, 0) is 0 Å². The van der Waals surface area contributed by atoms with Gasteiger partial charge in [0.1, 0.15) is 0 Å². The van der Waals surface area contributed by atoms with Gasteiger partial charge in [0.05, 0.1) is 11.6 Å². The number of nitrogens with zero attached hydrogens (tertiary/aromatic N) is 1. The Balaban J connectivity index is 2.61. The molecule has 0 aliphatic carbocycles. The maximum absolute atomic E-state index is 11.8. The summed E-state index contributed by atoms with van der Waals surface area (Å²) in [5, 5.41) is 1.03. The van der Waals surface area contributed by atoms with E-state index in [1.807, 2.05) is 37.3 Å². The summed E-state index contributed by atoms with van der Waals surface area (Å²) in [4.78, 5) is 11.8. The van der Waals surface area contributed by atoms with Crippen LogP contribution in [0, 0.1) is 0 Å². The van der Waals surface area contributed by atoms with E-state index in [0.29, 0.717) is 0 Å². The van der Waals surface area contributed by atoms with Gasteiger partial charge in [-0.25, -0.2) is 4.68 Å². The van der Waals surface area contributed by atoms with Crippen LogP contribution in [0.2, 0.25) is 0 Å². The fourth-order valence-corrected chi connectivity index (χ4v) is 1.58. The van der Waals surface area contributed by atoms with Crippen molar-refractivity contribution < 1.29 is 0 Å². The molecule has 0 aliphatic rings. The maximum Gasteiger partial charge on any atom is 0.269 e. The standard InChI is InChI=1S/C13H14N2O/c1-3-10(2)14-15-12-7-5-4-6-11(12)8-9-13(15)16/h3-10,14H,1H2,2H3/t10-/m0/s1. The van der Waals surface area contributed by atoms with Crippen molar-refractivity contribution in [3.05, 3.63) is 59.4 Å². The Hall–Kier alpha value is -2.03. The van der Waals surface area contributed by atoms with E-state index in [1.165, 1.54) is 0 Å². The molecule has 0 amide bonds. The van der Waals surface area contributed by atoms with Gasteiger partial charge in [-0.2, -0.15) is 0 Å². The van der Waals surface area contributed by atoms with E-state index in [-0.39, 0.29) is 11.6 Å². The minimum Gasteiger partial charge on any atom is -0.316 e. The first-order valence-electron chi connectivity index (χ1n) is 5.22. The first-order chi connectivity index (χ1) is 7.72. The van der Waals surface area contributed by atoms with Crippen molar-refractivity contribution in [2.24, 2.45) is 0 Å². The van der Waals surface area contributed by atoms with E-state index in [0.717, 1.165) is 10.9 Å². The van der Waals surface area contributed by atoms with E-state index >= 15 is 0 Å². The predicted octanol–water partition coefficient (Wildman–Crippen LogP) is 2.12. The minimum absolute atomic E-state index is 0.0449. The molecule has 0 unspecified atom stereocenters. The normalized spacial score (nSPS) is 12.3. The zero-order valence-corrected chi connectivity index (χ0v) is 9.18. The summed E-state index contributed by atoms with van der Waals surface area (Å²) in [6.07, 6.45) is 1.76. The largest absolute Gasteiger partial charge is 0.316 e. The number of aromatic nitrogens is 1. The van der Waals surface area contributed by atoms with Gasteiger partial charge in [0.15, 0.2) is 0 Å². The Kier molecular flexibility index (Phi) is 2.77. The van der Waals surface area contributed by atoms with E-state index < -0.39 is 0 Å². The van der Waals surface area contributed by atoms with Crippen LogP contribution in [0.5, 0.6) is 0 Å². The molecule has 1 heterocycles. The Morgan fingerprint density at radius 2 is 2.06 bits per heavy atom. The molecule has 0 saturated heterocycles. The summed E-state index contributed by atoms with van der Waals surface area (Å²) >= 11 is 0. The summed E-state index contributed by atoms with van der Waals surface area (Å²) in [5.74, 6) is 0. The van der Waals surface area contributed by atoms with Gasteiger partial charge >= 0.3 is 0 Å². The molecule has 0 fully saturated rings. The topological polar surface area (TPSA) is 34.0 Å². The SMILES string of the molecule is C=C[C@H](C)Nn1c(=O)ccc2ccccc21. The van der Waals surface area contributed by atoms with Crippen LogP contribution < -0.4 is 11.0 Å². The molecule has 82 valence electrons. The molecule has 0 bridgehead atoms. The molecule has 16 heavy (non-hydrogen) atoms. The Labute approximate surface area is 94.0 Å². The lowest BCUT2D eigenvalue weighted by Gasteiger charge is -2.15. The highest BCUT2D eigenvalue weighted by molar-refractivity contribution is 5.78. The van der Waals surface area contributed by atoms with Crippen molar-refractivity contribution in [2.45, 2.75) is 13.0 Å². The monoisotopic (exact) mass is 214 g/mol. The van der Waals surface area contributed by atoms with Crippen molar-refractivity contribution in [1.29, 1.82) is 0 Å². The molecule has 3 nitrogen and oxygen atoms in total. The summed E-state index contributed by atoms with van der Waals surface area (Å²) in [6, 6.07) is 11.2. The van der Waals surface area contributed by atoms with Gasteiger partial charge in [0, 0.05) is 11.5 Å². The highest BCUT2D eigenvalue weighted by Gasteiger charge is 2.03. The average Bonchev–Trinajstić information content (AvgIpc) is 2.32. The molecule has 1 atom stereocenters. The Morgan fingerprint density at radius 1 is 1.31 bits per heavy atom. The second kappa shape index (κ2) is 4.23. The molecule has 1 aromatic heterocycles. The molecular weight excluding hydrogens is 200 g/mol. The lowest BCUT2D eigenvalue weighted by Crippen LogP contribution is -2.33. The first kappa shape index (κ1) is 10.5. The molecule has 1 aromatic carbocycles. The van der Waals surface area contributed by atoms with E-state index in [1.54, 1.807) is 16.8 Å². The Morgan fingerprint density at radius 3 is 2.81 bits per heavy atom. The lowest BCUT2D eigenvalue weighted by molar-refractivity contribution is 0.782. The van der Waals surface area contributed by atoms with Crippen LogP contribution in [-0.4, -0.2) is 10.7 Å². The highest BCUT2D eigenvalue weighted by Crippen LogP contribution is 2.09. The minimum atomic E-state index is -0.0626. The summed E-state index contributed by atoms with van der Waals surface area (Å²) in [5.41, 5.74) is 3.90. The fourth-order valence-electron chi connectivity index (χ4n) is 1.58. The van der Waals surface area contributed by atoms with Crippen LogP contribution in [0.3, 0.4) is 0 Å². The van der Waals surface area contributed by atoms with Gasteiger partial charge in [-0.05, 0) is 19.1 Å². The van der Waals surface area contributed by atoms with Gasteiger partial charge in [-0.3, -0.25) is 4.79 Å². The number of hydrogen-bond acceptors (Lipinski definition) is 2. The molecule has 0 aliphatic heterocycles. The maximum atomic E-state index is 11.8. The van der Waals surface area contributed by atoms with Gasteiger partial charge < -0.3 is 5.43 Å². The Bertz CT molecular complexity index is 571. The number of hydrogen-bond donors (Lipinski definition) is 1. The molecule has 3 heteroatoms. The molecule has 2 aromatic rings. The van der Waals surface area contributed by atoms with Crippen LogP contribution in [0.1, 0.15) is 6.92 Å². The van der Waals surface area contributed by atoms with Crippen molar-refractivity contribution in [3.8, 4) is 0 Å². The van der Waals surface area contributed by atoms with Gasteiger partial charge in [-0.15, -0.1) is 6.58 Å². The van der Waals surface area contributed by atoms with Gasteiger partial charge in [0.2, 0.25) is 0 Å². The van der Waals surface area contributed by atoms with Crippen molar-refractivity contribution in [2.75, 3.05) is 5.43 Å². The van der Waals surface area contributed by atoms with Crippen molar-refractivity contribution in [3.63, 3.8) is 0 Å². The number of pyridine rings is 1. The first-order valence-corrected chi connectivity index (χ1v) is 5.22.